The zero-order chi connectivity index (χ0) is 22.0. The first-order chi connectivity index (χ1) is 15.0. The van der Waals surface area contributed by atoms with E-state index in [-0.39, 0.29) is 11.5 Å². The molecule has 1 N–H and O–H groups in total. The highest BCUT2D eigenvalue weighted by atomic mass is 32.2. The number of carbonyl (C=O) groups excluding carboxylic acids is 1. The van der Waals surface area contributed by atoms with E-state index in [4.69, 9.17) is 12.2 Å². The van der Waals surface area contributed by atoms with Gasteiger partial charge in [-0.2, -0.15) is 0 Å². The Morgan fingerprint density at radius 1 is 1.16 bits per heavy atom. The Labute approximate surface area is 190 Å². The first kappa shape index (κ1) is 21.3. The van der Waals surface area contributed by atoms with Gasteiger partial charge in [0.15, 0.2) is 0 Å². The average Bonchev–Trinajstić information content (AvgIpc) is 3.03. The molecule has 1 aliphatic heterocycles. The number of hydrogen-bond acceptors (Lipinski definition) is 6. The number of amides is 1. The summed E-state index contributed by atoms with van der Waals surface area (Å²) in [4.78, 5) is 33.0. The molecule has 0 spiro atoms. The van der Waals surface area contributed by atoms with Gasteiger partial charge in [-0.05, 0) is 36.6 Å². The number of carbonyl (C=O) groups is 1. The lowest BCUT2D eigenvalue weighted by molar-refractivity contribution is -0.122. The van der Waals surface area contributed by atoms with Crippen molar-refractivity contribution in [3.63, 3.8) is 0 Å². The second-order valence-electron chi connectivity index (χ2n) is 7.29. The van der Waals surface area contributed by atoms with E-state index in [2.05, 4.69) is 10.3 Å². The molecule has 1 amide bonds. The Morgan fingerprint density at radius 2 is 1.94 bits per heavy atom. The van der Waals surface area contributed by atoms with Gasteiger partial charge < -0.3 is 5.32 Å². The van der Waals surface area contributed by atoms with Gasteiger partial charge >= 0.3 is 0 Å². The fourth-order valence-corrected chi connectivity index (χ4v) is 4.54. The Kier molecular flexibility index (Phi) is 6.20. The summed E-state index contributed by atoms with van der Waals surface area (Å²) in [6, 6.07) is 13.4. The lowest BCUT2D eigenvalue weighted by Crippen LogP contribution is -2.27. The minimum atomic E-state index is -0.222. The molecule has 2 aromatic heterocycles. The number of benzene rings is 1. The van der Waals surface area contributed by atoms with Crippen LogP contribution in [0.5, 0.6) is 0 Å². The number of thiocarbonyl (C=S) groups is 1. The fourth-order valence-electron chi connectivity index (χ4n) is 3.30. The third-order valence-corrected chi connectivity index (χ3v) is 6.26. The van der Waals surface area contributed by atoms with Gasteiger partial charge in [0.05, 0.1) is 17.0 Å². The SMILES string of the molecule is CCCNc1nc2ccc(C)cn2c(=O)c1/C=C1/SC(=S)N(Cc2ccccc2)C1=O. The zero-order valence-corrected chi connectivity index (χ0v) is 18.9. The topological polar surface area (TPSA) is 66.7 Å². The third kappa shape index (κ3) is 4.40. The van der Waals surface area contributed by atoms with E-state index in [9.17, 15) is 9.59 Å². The molecule has 0 saturated carbocycles. The van der Waals surface area contributed by atoms with Crippen LogP contribution in [0.1, 0.15) is 30.0 Å². The summed E-state index contributed by atoms with van der Waals surface area (Å²) < 4.78 is 2.00. The van der Waals surface area contributed by atoms with Crippen molar-refractivity contribution in [1.82, 2.24) is 14.3 Å². The first-order valence-electron chi connectivity index (χ1n) is 10.0. The van der Waals surface area contributed by atoms with Gasteiger partial charge in [-0.1, -0.05) is 67.3 Å². The molecular formula is C23H22N4O2S2. The van der Waals surface area contributed by atoms with Crippen LogP contribution in [0.2, 0.25) is 0 Å². The highest BCUT2D eigenvalue weighted by Crippen LogP contribution is 2.34. The smallest absolute Gasteiger partial charge is 0.267 e. The fraction of sp³-hybridized carbons (Fsp3) is 0.217. The molecule has 1 aliphatic rings. The largest absolute Gasteiger partial charge is 0.369 e. The van der Waals surface area contributed by atoms with Crippen LogP contribution in [0.25, 0.3) is 11.7 Å². The van der Waals surface area contributed by atoms with Gasteiger partial charge in [0.1, 0.15) is 15.8 Å². The lowest BCUT2D eigenvalue weighted by atomic mass is 10.2. The van der Waals surface area contributed by atoms with Crippen LogP contribution in [0.15, 0.2) is 58.4 Å². The van der Waals surface area contributed by atoms with Gasteiger partial charge in [-0.15, -0.1) is 0 Å². The number of aryl methyl sites for hydroxylation is 1. The summed E-state index contributed by atoms with van der Waals surface area (Å²) in [5, 5.41) is 3.23. The Balaban J connectivity index is 1.75. The molecule has 3 heterocycles. The van der Waals surface area contributed by atoms with Crippen molar-refractivity contribution >= 4 is 51.7 Å². The Bertz CT molecular complexity index is 1250. The second-order valence-corrected chi connectivity index (χ2v) is 8.97. The number of nitrogens with one attached hydrogen (secondary N) is 1. The number of hydrogen-bond donors (Lipinski definition) is 1. The molecule has 0 atom stereocenters. The van der Waals surface area contributed by atoms with E-state index >= 15 is 0 Å². The van der Waals surface area contributed by atoms with Gasteiger partial charge in [0.2, 0.25) is 0 Å². The average molecular weight is 451 g/mol. The maximum Gasteiger partial charge on any atom is 0.267 e. The molecule has 158 valence electrons. The van der Waals surface area contributed by atoms with Crippen LogP contribution in [0.4, 0.5) is 5.82 Å². The third-order valence-electron chi connectivity index (χ3n) is 4.88. The van der Waals surface area contributed by atoms with E-state index in [1.165, 1.54) is 16.2 Å². The second kappa shape index (κ2) is 9.03. The molecule has 6 nitrogen and oxygen atoms in total. The lowest BCUT2D eigenvalue weighted by Gasteiger charge is -2.14. The first-order valence-corrected chi connectivity index (χ1v) is 11.3. The Hall–Kier alpha value is -2.97. The van der Waals surface area contributed by atoms with Crippen molar-refractivity contribution < 1.29 is 4.79 Å². The molecule has 1 fully saturated rings. The summed E-state index contributed by atoms with van der Waals surface area (Å²) >= 11 is 6.66. The van der Waals surface area contributed by atoms with Crippen molar-refractivity contribution in [3.8, 4) is 0 Å². The predicted molar refractivity (Wildman–Crippen MR) is 130 cm³/mol. The minimum absolute atomic E-state index is 0.200. The van der Waals surface area contributed by atoms with Crippen molar-refractivity contribution in [2.75, 3.05) is 11.9 Å². The van der Waals surface area contributed by atoms with Crippen molar-refractivity contribution in [2.45, 2.75) is 26.8 Å². The van der Waals surface area contributed by atoms with Gasteiger partial charge in [0.25, 0.3) is 11.5 Å². The van der Waals surface area contributed by atoms with Crippen molar-refractivity contribution in [3.05, 3.63) is 80.6 Å². The number of anilines is 1. The number of aromatic nitrogens is 2. The maximum atomic E-state index is 13.3. The van der Waals surface area contributed by atoms with Crippen molar-refractivity contribution in [1.29, 1.82) is 0 Å². The predicted octanol–water partition coefficient (Wildman–Crippen LogP) is 4.23. The monoisotopic (exact) mass is 450 g/mol. The molecule has 0 unspecified atom stereocenters. The van der Waals surface area contributed by atoms with Gasteiger partial charge in [-0.25, -0.2) is 4.98 Å². The number of fused-ring (bicyclic) bond motifs is 1. The number of rotatable bonds is 6. The highest BCUT2D eigenvalue weighted by molar-refractivity contribution is 8.26. The van der Waals surface area contributed by atoms with E-state index in [1.807, 2.05) is 56.3 Å². The van der Waals surface area contributed by atoms with Crippen LogP contribution in [-0.4, -0.2) is 31.1 Å². The number of nitrogens with zero attached hydrogens (tertiary/aromatic N) is 3. The molecule has 4 rings (SSSR count). The highest BCUT2D eigenvalue weighted by Gasteiger charge is 2.32. The molecule has 0 radical (unpaired) electrons. The van der Waals surface area contributed by atoms with Crippen LogP contribution in [0, 0.1) is 6.92 Å². The number of pyridine rings is 1. The summed E-state index contributed by atoms with van der Waals surface area (Å²) in [5.74, 6) is 0.276. The van der Waals surface area contributed by atoms with Crippen LogP contribution in [0.3, 0.4) is 0 Å². The molecule has 1 saturated heterocycles. The van der Waals surface area contributed by atoms with E-state index < -0.39 is 0 Å². The molecule has 3 aromatic rings. The maximum absolute atomic E-state index is 13.3. The molecule has 8 heteroatoms. The summed E-state index contributed by atoms with van der Waals surface area (Å²) in [6.45, 7) is 5.03. The minimum Gasteiger partial charge on any atom is -0.369 e. The van der Waals surface area contributed by atoms with Crippen LogP contribution in [-0.2, 0) is 11.3 Å². The van der Waals surface area contributed by atoms with E-state index in [0.29, 0.717) is 39.3 Å². The normalized spacial score (nSPS) is 15.3. The van der Waals surface area contributed by atoms with Gasteiger partial charge in [0, 0.05) is 12.7 Å². The number of thioether (sulfide) groups is 1. The summed E-state index contributed by atoms with van der Waals surface area (Å²) in [5.41, 5.74) is 2.64. The standard InChI is InChI=1S/C23H22N4O2S2/c1-3-11-24-20-17(21(28)26-13-15(2)9-10-19(26)25-20)12-18-22(29)27(23(30)31-18)14-16-7-5-4-6-8-16/h4-10,12-13,24H,3,11,14H2,1-2H3/b18-12+. The van der Waals surface area contributed by atoms with Crippen LogP contribution >= 0.6 is 24.0 Å². The van der Waals surface area contributed by atoms with E-state index in [0.717, 1.165) is 17.5 Å². The van der Waals surface area contributed by atoms with E-state index in [1.54, 1.807) is 17.2 Å². The molecule has 0 bridgehead atoms. The molecule has 31 heavy (non-hydrogen) atoms. The zero-order valence-electron chi connectivity index (χ0n) is 17.3. The van der Waals surface area contributed by atoms with Gasteiger partial charge in [-0.3, -0.25) is 18.9 Å². The molecule has 1 aromatic carbocycles. The Morgan fingerprint density at radius 3 is 2.68 bits per heavy atom. The molecule has 0 aliphatic carbocycles. The molecular weight excluding hydrogens is 428 g/mol. The van der Waals surface area contributed by atoms with Crippen molar-refractivity contribution in [2.24, 2.45) is 0 Å². The van der Waals surface area contributed by atoms with Crippen LogP contribution < -0.4 is 10.9 Å². The summed E-state index contributed by atoms with van der Waals surface area (Å²) in [7, 11) is 0. The summed E-state index contributed by atoms with van der Waals surface area (Å²) in [6.07, 6.45) is 4.26. The quantitative estimate of drug-likeness (QED) is 0.448.